The molecule has 0 bridgehead atoms. The van der Waals surface area contributed by atoms with Gasteiger partial charge < -0.3 is 10.0 Å². The molecule has 0 saturated carbocycles. The number of likely N-dealkylation sites (tertiary alicyclic amines) is 1. The van der Waals surface area contributed by atoms with Crippen LogP contribution in [-0.2, 0) is 5.60 Å². The van der Waals surface area contributed by atoms with Gasteiger partial charge in [0.05, 0.1) is 5.60 Å². The third kappa shape index (κ3) is 2.64. The highest BCUT2D eigenvalue weighted by Gasteiger charge is 2.33. The molecule has 1 saturated heterocycles. The van der Waals surface area contributed by atoms with Gasteiger partial charge in [0.25, 0.3) is 0 Å². The maximum absolute atomic E-state index is 13.7. The van der Waals surface area contributed by atoms with Crippen LogP contribution >= 0.6 is 0 Å². The van der Waals surface area contributed by atoms with Gasteiger partial charge in [-0.1, -0.05) is 0 Å². The van der Waals surface area contributed by atoms with Gasteiger partial charge in [-0.2, -0.15) is 0 Å². The SMILES string of the molecule is CN1CCCC(O)(c2cc(F)ccc2F)CC1. The lowest BCUT2D eigenvalue weighted by Gasteiger charge is -2.27. The van der Waals surface area contributed by atoms with Crippen molar-refractivity contribution in [1.29, 1.82) is 0 Å². The van der Waals surface area contributed by atoms with Crippen molar-refractivity contribution in [2.75, 3.05) is 20.1 Å². The Labute approximate surface area is 99.9 Å². The topological polar surface area (TPSA) is 23.5 Å². The standard InChI is InChI=1S/C13H17F2NO/c1-16-7-2-5-13(17,6-8-16)11-9-10(14)3-4-12(11)15/h3-4,9,17H,2,5-8H2,1H3. The van der Waals surface area contributed by atoms with Gasteiger partial charge in [-0.25, -0.2) is 8.78 Å². The quantitative estimate of drug-likeness (QED) is 0.815. The van der Waals surface area contributed by atoms with Crippen LogP contribution in [0.2, 0.25) is 0 Å². The molecule has 1 atom stereocenters. The van der Waals surface area contributed by atoms with Crippen LogP contribution in [0.25, 0.3) is 0 Å². The zero-order valence-electron chi connectivity index (χ0n) is 9.92. The summed E-state index contributed by atoms with van der Waals surface area (Å²) in [7, 11) is 1.97. The molecular weight excluding hydrogens is 224 g/mol. The minimum absolute atomic E-state index is 0.0906. The minimum atomic E-state index is -1.24. The molecule has 4 heteroatoms. The van der Waals surface area contributed by atoms with E-state index in [0.29, 0.717) is 19.4 Å². The molecule has 1 fully saturated rings. The van der Waals surface area contributed by atoms with E-state index < -0.39 is 17.2 Å². The van der Waals surface area contributed by atoms with Gasteiger partial charge in [-0.3, -0.25) is 0 Å². The molecule has 17 heavy (non-hydrogen) atoms. The molecule has 0 spiro atoms. The molecule has 0 aliphatic carbocycles. The number of hydrogen-bond donors (Lipinski definition) is 1. The van der Waals surface area contributed by atoms with Gasteiger partial charge in [0.2, 0.25) is 0 Å². The molecule has 1 aliphatic heterocycles. The first kappa shape index (κ1) is 12.5. The van der Waals surface area contributed by atoms with Crippen molar-refractivity contribution >= 4 is 0 Å². The second-order valence-electron chi connectivity index (χ2n) is 4.81. The van der Waals surface area contributed by atoms with E-state index >= 15 is 0 Å². The summed E-state index contributed by atoms with van der Waals surface area (Å²) in [5.74, 6) is -1.04. The number of aliphatic hydroxyl groups is 1. The van der Waals surface area contributed by atoms with Crippen LogP contribution < -0.4 is 0 Å². The fraction of sp³-hybridized carbons (Fsp3) is 0.538. The maximum atomic E-state index is 13.7. The Hall–Kier alpha value is -1.00. The molecule has 2 rings (SSSR count). The summed E-state index contributed by atoms with van der Waals surface area (Å²) < 4.78 is 26.9. The highest BCUT2D eigenvalue weighted by atomic mass is 19.1. The van der Waals surface area contributed by atoms with Crippen LogP contribution in [0.15, 0.2) is 18.2 Å². The first-order valence-electron chi connectivity index (χ1n) is 5.88. The van der Waals surface area contributed by atoms with Crippen molar-refractivity contribution in [3.8, 4) is 0 Å². The van der Waals surface area contributed by atoms with Crippen molar-refractivity contribution in [3.63, 3.8) is 0 Å². The van der Waals surface area contributed by atoms with E-state index in [1.807, 2.05) is 7.05 Å². The van der Waals surface area contributed by atoms with E-state index in [4.69, 9.17) is 0 Å². The lowest BCUT2D eigenvalue weighted by atomic mass is 9.86. The van der Waals surface area contributed by atoms with E-state index in [2.05, 4.69) is 4.90 Å². The fourth-order valence-corrected chi connectivity index (χ4v) is 2.38. The first-order valence-corrected chi connectivity index (χ1v) is 5.88. The summed E-state index contributed by atoms with van der Waals surface area (Å²) in [5.41, 5.74) is -1.15. The average molecular weight is 241 g/mol. The Kier molecular flexibility index (Phi) is 3.45. The van der Waals surface area contributed by atoms with Crippen molar-refractivity contribution in [1.82, 2.24) is 4.90 Å². The van der Waals surface area contributed by atoms with Gasteiger partial charge in [0.1, 0.15) is 11.6 Å². The molecule has 1 N–H and O–H groups in total. The molecule has 1 aromatic carbocycles. The third-order valence-corrected chi connectivity index (χ3v) is 3.47. The van der Waals surface area contributed by atoms with Gasteiger partial charge >= 0.3 is 0 Å². The molecular formula is C13H17F2NO. The van der Waals surface area contributed by atoms with Gasteiger partial charge in [-0.05, 0) is 51.1 Å². The largest absolute Gasteiger partial charge is 0.385 e. The number of rotatable bonds is 1. The van der Waals surface area contributed by atoms with Crippen LogP contribution in [-0.4, -0.2) is 30.1 Å². The van der Waals surface area contributed by atoms with Crippen molar-refractivity contribution < 1.29 is 13.9 Å². The molecule has 0 aromatic heterocycles. The number of nitrogens with zero attached hydrogens (tertiary/aromatic N) is 1. The normalized spacial score (nSPS) is 26.8. The van der Waals surface area contributed by atoms with Crippen LogP contribution in [0.4, 0.5) is 8.78 Å². The number of benzene rings is 1. The lowest BCUT2D eigenvalue weighted by Crippen LogP contribution is -2.29. The van der Waals surface area contributed by atoms with Gasteiger partial charge in [-0.15, -0.1) is 0 Å². The van der Waals surface area contributed by atoms with Crippen LogP contribution in [0, 0.1) is 11.6 Å². The Balaban J connectivity index is 2.33. The predicted molar refractivity (Wildman–Crippen MR) is 61.6 cm³/mol. The third-order valence-electron chi connectivity index (χ3n) is 3.47. The summed E-state index contributed by atoms with van der Waals surface area (Å²) in [6, 6.07) is 3.27. The Bertz CT molecular complexity index is 410. The predicted octanol–water partition coefficient (Wildman–Crippen LogP) is 2.27. The highest BCUT2D eigenvalue weighted by Crippen LogP contribution is 2.34. The van der Waals surface area contributed by atoms with Gasteiger partial charge in [0.15, 0.2) is 0 Å². The number of halogens is 2. The molecule has 1 aliphatic rings. The summed E-state index contributed by atoms with van der Waals surface area (Å²) in [4.78, 5) is 2.09. The van der Waals surface area contributed by atoms with Crippen LogP contribution in [0.1, 0.15) is 24.8 Å². The molecule has 94 valence electrons. The minimum Gasteiger partial charge on any atom is -0.385 e. The van der Waals surface area contributed by atoms with Crippen molar-refractivity contribution in [2.45, 2.75) is 24.9 Å². The Morgan fingerprint density at radius 1 is 1.24 bits per heavy atom. The zero-order valence-corrected chi connectivity index (χ0v) is 9.92. The van der Waals surface area contributed by atoms with Gasteiger partial charge in [0, 0.05) is 12.1 Å². The zero-order chi connectivity index (χ0) is 12.5. The second kappa shape index (κ2) is 4.70. The molecule has 1 heterocycles. The molecule has 2 nitrogen and oxygen atoms in total. The second-order valence-corrected chi connectivity index (χ2v) is 4.81. The van der Waals surface area contributed by atoms with E-state index in [-0.39, 0.29) is 5.56 Å². The Morgan fingerprint density at radius 3 is 2.76 bits per heavy atom. The molecule has 0 radical (unpaired) electrons. The van der Waals surface area contributed by atoms with E-state index in [1.165, 1.54) is 0 Å². The average Bonchev–Trinajstić information content (AvgIpc) is 2.46. The summed E-state index contributed by atoms with van der Waals surface area (Å²) in [5, 5.41) is 10.5. The van der Waals surface area contributed by atoms with E-state index in [9.17, 15) is 13.9 Å². The van der Waals surface area contributed by atoms with E-state index in [1.54, 1.807) is 0 Å². The summed E-state index contributed by atoms with van der Waals surface area (Å²) >= 11 is 0. The Morgan fingerprint density at radius 2 is 2.00 bits per heavy atom. The monoisotopic (exact) mass is 241 g/mol. The van der Waals surface area contributed by atoms with E-state index in [0.717, 1.165) is 31.2 Å². The first-order chi connectivity index (χ1) is 8.01. The molecule has 1 unspecified atom stereocenters. The van der Waals surface area contributed by atoms with Crippen molar-refractivity contribution in [3.05, 3.63) is 35.4 Å². The maximum Gasteiger partial charge on any atom is 0.129 e. The highest BCUT2D eigenvalue weighted by molar-refractivity contribution is 5.25. The number of hydrogen-bond acceptors (Lipinski definition) is 2. The van der Waals surface area contributed by atoms with Crippen LogP contribution in [0.3, 0.4) is 0 Å². The van der Waals surface area contributed by atoms with Crippen LogP contribution in [0.5, 0.6) is 0 Å². The smallest absolute Gasteiger partial charge is 0.129 e. The molecule has 0 amide bonds. The van der Waals surface area contributed by atoms with Crippen molar-refractivity contribution in [2.24, 2.45) is 0 Å². The summed E-state index contributed by atoms with van der Waals surface area (Å²) in [6.07, 6.45) is 1.69. The molecule has 1 aromatic rings. The fourth-order valence-electron chi connectivity index (χ4n) is 2.38. The summed E-state index contributed by atoms with van der Waals surface area (Å²) in [6.45, 7) is 1.56. The lowest BCUT2D eigenvalue weighted by molar-refractivity contribution is 0.0181.